The van der Waals surface area contributed by atoms with Crippen LogP contribution >= 0.6 is 7.94 Å². The molecule has 124 valence electrons. The van der Waals surface area contributed by atoms with E-state index in [-0.39, 0.29) is 65.5 Å². The van der Waals surface area contributed by atoms with Gasteiger partial charge in [-0.2, -0.15) is 0 Å². The van der Waals surface area contributed by atoms with Crippen LogP contribution in [0.15, 0.2) is 11.0 Å². The number of aromatic nitrogens is 2. The zero-order valence-electron chi connectivity index (χ0n) is 14.2. The number of hydrogen-bond donors (Lipinski definition) is 1. The van der Waals surface area contributed by atoms with Crippen LogP contribution in [-0.4, -0.2) is 39.9 Å². The summed E-state index contributed by atoms with van der Waals surface area (Å²) in [5, 5.41) is 11.3. The van der Waals surface area contributed by atoms with E-state index in [0.29, 0.717) is 12.0 Å². The molecule has 1 saturated heterocycles. The molecule has 0 bridgehead atoms. The van der Waals surface area contributed by atoms with Crippen molar-refractivity contribution in [2.45, 2.75) is 38.2 Å². The van der Waals surface area contributed by atoms with Crippen molar-refractivity contribution in [1.29, 1.82) is 0 Å². The summed E-state index contributed by atoms with van der Waals surface area (Å²) in [6, 6.07) is 0. The van der Waals surface area contributed by atoms with Gasteiger partial charge in [0.2, 0.25) is 0 Å². The molecule has 1 aliphatic heterocycles. The minimum absolute atomic E-state index is 0. The minimum Gasteiger partial charge on any atom is -0.858 e. The summed E-state index contributed by atoms with van der Waals surface area (Å²) in [5.41, 5.74) is -0.423. The fourth-order valence-electron chi connectivity index (χ4n) is 2.43. The largest absolute Gasteiger partial charge is 1.00 e. The second-order valence-corrected chi connectivity index (χ2v) is 6.93. The molecule has 1 N–H and O–H groups in total. The second kappa shape index (κ2) is 10.3. The molecule has 24 heavy (non-hydrogen) atoms. The van der Waals surface area contributed by atoms with Gasteiger partial charge in [-0.3, -0.25) is 9.46 Å². The summed E-state index contributed by atoms with van der Waals surface area (Å²) in [5.74, 6) is -0.591. The third-order valence-corrected chi connectivity index (χ3v) is 4.40. The maximum absolute atomic E-state index is 11.8. The SMILES string of the molecule is CO[C@H]1C[C@H](n2cc(C)c([O-])nc2=O)O[C@@H]1CC[P+]([O-])([O-])O.[Na+].[Na+]. The third-order valence-electron chi connectivity index (χ3n) is 3.58. The monoisotopic (exact) mass is 378 g/mol. The van der Waals surface area contributed by atoms with Gasteiger partial charge in [0.15, 0.2) is 0 Å². The zero-order chi connectivity index (χ0) is 16.5. The van der Waals surface area contributed by atoms with Crippen LogP contribution in [-0.2, 0) is 9.47 Å². The minimum atomic E-state index is -4.38. The third kappa shape index (κ3) is 6.57. The van der Waals surface area contributed by atoms with Crippen molar-refractivity contribution in [3.8, 4) is 5.88 Å². The van der Waals surface area contributed by atoms with Gasteiger partial charge in [0.25, 0.3) is 0 Å². The van der Waals surface area contributed by atoms with Crippen LogP contribution in [0.4, 0.5) is 0 Å². The van der Waals surface area contributed by atoms with Gasteiger partial charge < -0.3 is 24.4 Å². The van der Waals surface area contributed by atoms with E-state index >= 15 is 0 Å². The quantitative estimate of drug-likeness (QED) is 0.393. The number of nitrogens with zero attached hydrogens (tertiary/aromatic N) is 2. The molecule has 3 atom stereocenters. The van der Waals surface area contributed by atoms with Crippen LogP contribution in [0, 0.1) is 6.92 Å². The van der Waals surface area contributed by atoms with E-state index in [4.69, 9.17) is 14.4 Å². The maximum atomic E-state index is 11.8. The van der Waals surface area contributed by atoms with Crippen molar-refractivity contribution in [3.05, 3.63) is 22.2 Å². The van der Waals surface area contributed by atoms with E-state index < -0.39 is 44.1 Å². The zero-order valence-corrected chi connectivity index (χ0v) is 19.1. The number of methoxy groups -OCH3 is 1. The fraction of sp³-hybridized carbons (Fsp3) is 0.667. The second-order valence-electron chi connectivity index (χ2n) is 5.21. The van der Waals surface area contributed by atoms with Gasteiger partial charge in [0.05, 0.1) is 18.4 Å². The number of aryl methyl sites for hydroxylation is 1. The Labute approximate surface area is 184 Å². The van der Waals surface area contributed by atoms with Crippen LogP contribution in [0.3, 0.4) is 0 Å². The van der Waals surface area contributed by atoms with Crippen LogP contribution < -0.4 is 79.7 Å². The average molecular weight is 378 g/mol. The Kier molecular flexibility index (Phi) is 10.7. The van der Waals surface area contributed by atoms with Crippen LogP contribution in [0.25, 0.3) is 0 Å². The van der Waals surface area contributed by atoms with Crippen molar-refractivity contribution >= 4 is 7.94 Å². The summed E-state index contributed by atoms with van der Waals surface area (Å²) in [6.45, 7) is 1.53. The van der Waals surface area contributed by atoms with Gasteiger partial charge in [-0.15, -0.1) is 0 Å². The molecule has 0 aromatic carbocycles. The molecule has 0 unspecified atom stereocenters. The van der Waals surface area contributed by atoms with Gasteiger partial charge in [0, 0.05) is 34.1 Å². The Morgan fingerprint density at radius 2 is 2.12 bits per heavy atom. The van der Waals surface area contributed by atoms with Gasteiger partial charge in [-0.25, -0.2) is 9.78 Å². The predicted octanol–water partition coefficient (Wildman–Crippen LogP) is -8.20. The topological polar surface area (TPSA) is 143 Å². The molecule has 0 radical (unpaired) electrons. The molecular weight excluding hydrogens is 361 g/mol. The molecule has 1 aromatic rings. The number of ether oxygens (including phenoxy) is 2. The molecule has 0 amide bonds. The van der Waals surface area contributed by atoms with E-state index in [1.165, 1.54) is 24.8 Å². The van der Waals surface area contributed by atoms with Crippen LogP contribution in [0.5, 0.6) is 5.88 Å². The van der Waals surface area contributed by atoms with Crippen molar-refractivity contribution in [3.63, 3.8) is 0 Å². The Morgan fingerprint density at radius 1 is 1.50 bits per heavy atom. The predicted molar refractivity (Wildman–Crippen MR) is 70.6 cm³/mol. The van der Waals surface area contributed by atoms with E-state index in [1.807, 2.05) is 0 Å². The molecule has 12 heteroatoms. The average Bonchev–Trinajstić information content (AvgIpc) is 2.83. The van der Waals surface area contributed by atoms with Gasteiger partial charge >= 0.3 is 64.8 Å². The first-order valence-electron chi connectivity index (χ1n) is 6.69. The summed E-state index contributed by atoms with van der Waals surface area (Å²) < 4.78 is 12.1. The Hall–Kier alpha value is 0.910. The number of hydrogen-bond acceptors (Lipinski definition) is 8. The first-order chi connectivity index (χ1) is 10.2. The van der Waals surface area contributed by atoms with E-state index in [9.17, 15) is 19.7 Å². The molecule has 2 heterocycles. The standard InChI is InChI=1S/C12H19N2O7P.2Na/c1-7-6-14(12(16)13-11(7)15)10-5-9(20-2)8(21-10)3-4-22(17,18)19;;/h6,8-10H,3-5H2,1-2H3,(H,13,15,16)(H2,17,18,19);;/q;2*+1/p-2/t8-,9+,10-;;/m1../s1. The van der Waals surface area contributed by atoms with Crippen molar-refractivity contribution in [2.24, 2.45) is 0 Å². The molecule has 9 nitrogen and oxygen atoms in total. The Morgan fingerprint density at radius 3 is 2.67 bits per heavy atom. The summed E-state index contributed by atoms with van der Waals surface area (Å²) >= 11 is 0. The molecular formula is C12H17N2Na2O7P. The summed E-state index contributed by atoms with van der Waals surface area (Å²) in [7, 11) is -2.93. The first kappa shape index (κ1) is 24.9. The smallest absolute Gasteiger partial charge is 0.858 e. The van der Waals surface area contributed by atoms with Crippen LogP contribution in [0.2, 0.25) is 0 Å². The van der Waals surface area contributed by atoms with Crippen LogP contribution in [0.1, 0.15) is 24.6 Å². The Balaban J connectivity index is 0.00000264. The van der Waals surface area contributed by atoms with Gasteiger partial charge in [-0.1, -0.05) is 0 Å². The van der Waals surface area contributed by atoms with Crippen molar-refractivity contribution in [2.75, 3.05) is 13.3 Å². The molecule has 0 spiro atoms. The molecule has 0 aliphatic carbocycles. The Bertz CT molecular complexity index is 596. The molecule has 1 aromatic heterocycles. The molecule has 0 saturated carbocycles. The molecule has 2 rings (SSSR count). The number of rotatable bonds is 5. The van der Waals surface area contributed by atoms with Crippen molar-refractivity contribution in [1.82, 2.24) is 9.55 Å². The van der Waals surface area contributed by atoms with E-state index in [1.54, 1.807) is 0 Å². The first-order valence-corrected chi connectivity index (χ1v) is 8.45. The summed E-state index contributed by atoms with van der Waals surface area (Å²) in [6.07, 6.45) is -0.404. The van der Waals surface area contributed by atoms with E-state index in [2.05, 4.69) is 4.98 Å². The van der Waals surface area contributed by atoms with Crippen molar-refractivity contribution < 1.29 is 88.4 Å². The normalized spacial score (nSPS) is 23.5. The molecule has 1 aliphatic rings. The van der Waals surface area contributed by atoms with Gasteiger partial charge in [0.1, 0.15) is 6.23 Å². The molecule has 1 fully saturated rings. The fourth-order valence-corrected chi connectivity index (χ4v) is 3.01. The summed E-state index contributed by atoms with van der Waals surface area (Å²) in [4.78, 5) is 45.7. The van der Waals surface area contributed by atoms with Gasteiger partial charge in [-0.05, 0) is 18.4 Å². The maximum Gasteiger partial charge on any atom is 1.00 e. The van der Waals surface area contributed by atoms with E-state index in [0.717, 1.165) is 0 Å².